The first-order chi connectivity index (χ1) is 12.5. The molecular weight excluding hydrogens is 343 g/mol. The van der Waals surface area contributed by atoms with Crippen molar-refractivity contribution in [2.24, 2.45) is 0 Å². The normalized spacial score (nSPS) is 13.1. The van der Waals surface area contributed by atoms with E-state index in [0.717, 1.165) is 0 Å². The largest absolute Gasteiger partial charge is 0.467 e. The van der Waals surface area contributed by atoms with Crippen molar-refractivity contribution in [3.8, 4) is 5.75 Å². The number of fused-ring (bicyclic) bond motifs is 1. The SMILES string of the molecule is O=C(C=Cc1cc([N+](=O)[O-])cc2c1OCOC2)NCc1ccccc1F. The maximum Gasteiger partial charge on any atom is 0.270 e. The smallest absolute Gasteiger partial charge is 0.270 e. The molecule has 1 aliphatic heterocycles. The van der Waals surface area contributed by atoms with Crippen LogP contribution in [0.2, 0.25) is 0 Å². The average molecular weight is 358 g/mol. The predicted octanol–water partition coefficient (Wildman–Crippen LogP) is 2.93. The fourth-order valence-electron chi connectivity index (χ4n) is 2.51. The summed E-state index contributed by atoms with van der Waals surface area (Å²) < 4.78 is 24.1. The number of ether oxygens (including phenoxy) is 2. The van der Waals surface area contributed by atoms with E-state index in [1.165, 1.54) is 30.4 Å². The van der Waals surface area contributed by atoms with Crippen LogP contribution in [-0.4, -0.2) is 17.6 Å². The van der Waals surface area contributed by atoms with Gasteiger partial charge < -0.3 is 14.8 Å². The van der Waals surface area contributed by atoms with Gasteiger partial charge in [0.05, 0.1) is 11.5 Å². The third-order valence-corrected chi connectivity index (χ3v) is 3.76. The zero-order valence-electron chi connectivity index (χ0n) is 13.6. The van der Waals surface area contributed by atoms with E-state index < -0.39 is 16.6 Å². The van der Waals surface area contributed by atoms with Gasteiger partial charge in [-0.15, -0.1) is 0 Å². The number of nitro benzene ring substituents is 1. The van der Waals surface area contributed by atoms with Crippen molar-refractivity contribution < 1.29 is 23.6 Å². The van der Waals surface area contributed by atoms with E-state index in [-0.39, 0.29) is 25.6 Å². The van der Waals surface area contributed by atoms with Gasteiger partial charge in [0.15, 0.2) is 6.79 Å². The van der Waals surface area contributed by atoms with Gasteiger partial charge in [0.2, 0.25) is 5.91 Å². The number of rotatable bonds is 5. The Morgan fingerprint density at radius 1 is 1.35 bits per heavy atom. The minimum atomic E-state index is -0.523. The minimum Gasteiger partial charge on any atom is -0.467 e. The van der Waals surface area contributed by atoms with Crippen LogP contribution in [0.3, 0.4) is 0 Å². The fourth-order valence-corrected chi connectivity index (χ4v) is 2.51. The average Bonchev–Trinajstić information content (AvgIpc) is 2.65. The maximum absolute atomic E-state index is 13.5. The van der Waals surface area contributed by atoms with Gasteiger partial charge in [-0.25, -0.2) is 4.39 Å². The van der Waals surface area contributed by atoms with Crippen LogP contribution in [-0.2, 0) is 22.7 Å². The van der Waals surface area contributed by atoms with E-state index in [1.54, 1.807) is 18.2 Å². The molecule has 0 aliphatic carbocycles. The highest BCUT2D eigenvalue weighted by atomic mass is 19.1. The summed E-state index contributed by atoms with van der Waals surface area (Å²) in [6, 6.07) is 8.83. The summed E-state index contributed by atoms with van der Waals surface area (Å²) in [4.78, 5) is 22.5. The van der Waals surface area contributed by atoms with Crippen molar-refractivity contribution in [2.75, 3.05) is 6.79 Å². The summed E-state index contributed by atoms with van der Waals surface area (Å²) in [6.45, 7) is 0.260. The number of hydrogen-bond acceptors (Lipinski definition) is 5. The molecule has 0 spiro atoms. The molecule has 0 fully saturated rings. The predicted molar refractivity (Wildman–Crippen MR) is 90.7 cm³/mol. The number of nitrogens with zero attached hydrogens (tertiary/aromatic N) is 1. The summed E-state index contributed by atoms with van der Waals surface area (Å²) in [5, 5.41) is 13.6. The van der Waals surface area contributed by atoms with Gasteiger partial charge in [0, 0.05) is 41.4 Å². The van der Waals surface area contributed by atoms with Gasteiger partial charge in [-0.3, -0.25) is 14.9 Å². The monoisotopic (exact) mass is 358 g/mol. The Balaban J connectivity index is 1.75. The van der Waals surface area contributed by atoms with Crippen molar-refractivity contribution in [3.05, 3.63) is 75.1 Å². The number of benzene rings is 2. The maximum atomic E-state index is 13.5. The molecule has 0 unspecified atom stereocenters. The highest BCUT2D eigenvalue weighted by Gasteiger charge is 2.19. The fraction of sp³-hybridized carbons (Fsp3) is 0.167. The zero-order valence-corrected chi connectivity index (χ0v) is 13.6. The third kappa shape index (κ3) is 4.04. The van der Waals surface area contributed by atoms with Crippen LogP contribution in [0.1, 0.15) is 16.7 Å². The number of hydrogen-bond donors (Lipinski definition) is 1. The lowest BCUT2D eigenvalue weighted by atomic mass is 10.1. The molecule has 1 amide bonds. The van der Waals surface area contributed by atoms with E-state index in [2.05, 4.69) is 5.32 Å². The Labute approximate surface area is 148 Å². The lowest BCUT2D eigenvalue weighted by molar-refractivity contribution is -0.385. The summed E-state index contributed by atoms with van der Waals surface area (Å²) in [6.07, 6.45) is 2.65. The zero-order chi connectivity index (χ0) is 18.5. The molecule has 8 heteroatoms. The van der Waals surface area contributed by atoms with E-state index in [9.17, 15) is 19.3 Å². The molecule has 2 aromatic rings. The molecule has 0 atom stereocenters. The molecule has 3 rings (SSSR count). The first-order valence-electron chi connectivity index (χ1n) is 7.76. The van der Waals surface area contributed by atoms with Crippen LogP contribution in [0, 0.1) is 15.9 Å². The van der Waals surface area contributed by atoms with E-state index in [4.69, 9.17) is 9.47 Å². The number of carbonyl (C=O) groups excluding carboxylic acids is 1. The van der Waals surface area contributed by atoms with E-state index in [0.29, 0.717) is 22.4 Å². The Bertz CT molecular complexity index is 882. The number of non-ortho nitro benzene ring substituents is 1. The topological polar surface area (TPSA) is 90.7 Å². The Morgan fingerprint density at radius 2 is 2.15 bits per heavy atom. The Morgan fingerprint density at radius 3 is 2.92 bits per heavy atom. The molecule has 2 aromatic carbocycles. The van der Waals surface area contributed by atoms with Crippen molar-refractivity contribution in [2.45, 2.75) is 13.2 Å². The number of amides is 1. The quantitative estimate of drug-likeness (QED) is 0.504. The summed E-state index contributed by atoms with van der Waals surface area (Å²) in [5.41, 5.74) is 1.18. The molecule has 0 saturated carbocycles. The molecule has 26 heavy (non-hydrogen) atoms. The van der Waals surface area contributed by atoms with Crippen molar-refractivity contribution >= 4 is 17.7 Å². The van der Waals surface area contributed by atoms with Gasteiger partial charge in [0.1, 0.15) is 11.6 Å². The molecule has 1 heterocycles. The van der Waals surface area contributed by atoms with E-state index >= 15 is 0 Å². The number of carbonyl (C=O) groups is 1. The van der Waals surface area contributed by atoms with Gasteiger partial charge in [-0.05, 0) is 12.1 Å². The minimum absolute atomic E-state index is 0.0329. The second-order valence-electron chi connectivity index (χ2n) is 5.53. The Kier molecular flexibility index (Phi) is 5.23. The highest BCUT2D eigenvalue weighted by Crippen LogP contribution is 2.33. The first-order valence-corrected chi connectivity index (χ1v) is 7.76. The summed E-state index contributed by atoms with van der Waals surface area (Å²) in [7, 11) is 0. The lowest BCUT2D eigenvalue weighted by Crippen LogP contribution is -2.20. The van der Waals surface area contributed by atoms with Crippen LogP contribution in [0.5, 0.6) is 5.75 Å². The van der Waals surface area contributed by atoms with Crippen LogP contribution in [0.4, 0.5) is 10.1 Å². The van der Waals surface area contributed by atoms with Crippen molar-refractivity contribution in [1.82, 2.24) is 5.32 Å². The Hall–Kier alpha value is -3.26. The molecule has 0 radical (unpaired) electrons. The number of halogens is 1. The molecule has 0 saturated heterocycles. The van der Waals surface area contributed by atoms with Gasteiger partial charge >= 0.3 is 0 Å². The van der Waals surface area contributed by atoms with Crippen LogP contribution < -0.4 is 10.1 Å². The van der Waals surface area contributed by atoms with Crippen LogP contribution in [0.15, 0.2) is 42.5 Å². The second kappa shape index (κ2) is 7.75. The third-order valence-electron chi connectivity index (χ3n) is 3.76. The lowest BCUT2D eigenvalue weighted by Gasteiger charge is -2.19. The number of nitro groups is 1. The number of nitrogens with one attached hydrogen (secondary N) is 1. The molecule has 1 N–H and O–H groups in total. The molecular formula is C18H15FN2O5. The van der Waals surface area contributed by atoms with Crippen molar-refractivity contribution in [1.29, 1.82) is 0 Å². The molecule has 0 aromatic heterocycles. The standard InChI is InChI=1S/C18H15FN2O5/c19-16-4-2-1-3-13(16)9-20-17(22)6-5-12-7-15(21(23)24)8-14-10-25-11-26-18(12)14/h1-8H,9-11H2,(H,20,22). The van der Waals surface area contributed by atoms with Crippen LogP contribution >= 0.6 is 0 Å². The van der Waals surface area contributed by atoms with Gasteiger partial charge in [0.25, 0.3) is 5.69 Å². The molecule has 1 aliphatic rings. The first kappa shape index (κ1) is 17.6. The second-order valence-corrected chi connectivity index (χ2v) is 5.53. The van der Waals surface area contributed by atoms with E-state index in [1.807, 2.05) is 0 Å². The summed E-state index contributed by atoms with van der Waals surface area (Å²) in [5.74, 6) is -0.418. The van der Waals surface area contributed by atoms with Gasteiger partial charge in [-0.1, -0.05) is 18.2 Å². The van der Waals surface area contributed by atoms with Crippen molar-refractivity contribution in [3.63, 3.8) is 0 Å². The molecule has 7 nitrogen and oxygen atoms in total. The highest BCUT2D eigenvalue weighted by molar-refractivity contribution is 5.92. The molecule has 0 bridgehead atoms. The summed E-state index contributed by atoms with van der Waals surface area (Å²) >= 11 is 0. The van der Waals surface area contributed by atoms with Crippen LogP contribution in [0.25, 0.3) is 6.08 Å². The van der Waals surface area contributed by atoms with Gasteiger partial charge in [-0.2, -0.15) is 0 Å². The molecule has 134 valence electrons.